The Hall–Kier alpha value is -1.98. The SMILES string of the molecule is CC=C1C(=O)[C@@H]2[C@H](CC[C@]3(C)[C@@H]([C@H](C)CCC(=O)OCc4ccccc4)CC[C@@H]23)[C@@]2(C)CC[C@@H](OC3CCCCO3)C[C@@H]12. The third-order valence-corrected chi connectivity index (χ3v) is 13.0. The second kappa shape index (κ2) is 12.8. The second-order valence-corrected chi connectivity index (χ2v) is 15.1. The molecule has 0 aromatic heterocycles. The molecule has 1 heterocycles. The Kier molecular flexibility index (Phi) is 9.23. The molecule has 0 radical (unpaired) electrons. The van der Waals surface area contributed by atoms with E-state index in [2.05, 4.69) is 33.8 Å². The van der Waals surface area contributed by atoms with Gasteiger partial charge in [0, 0.05) is 18.9 Å². The molecule has 5 heteroatoms. The van der Waals surface area contributed by atoms with Gasteiger partial charge < -0.3 is 14.2 Å². The van der Waals surface area contributed by atoms with Crippen molar-refractivity contribution in [2.24, 2.45) is 46.3 Å². The molecule has 0 amide bonds. The Morgan fingerprint density at radius 1 is 1.02 bits per heavy atom. The number of esters is 1. The van der Waals surface area contributed by atoms with E-state index in [1.54, 1.807) is 0 Å². The minimum Gasteiger partial charge on any atom is -0.461 e. The summed E-state index contributed by atoms with van der Waals surface area (Å²) < 4.78 is 18.0. The molecule has 5 fully saturated rings. The number of hydrogen-bond acceptors (Lipinski definition) is 5. The highest BCUT2D eigenvalue weighted by Gasteiger charge is 2.64. The van der Waals surface area contributed by atoms with Crippen molar-refractivity contribution in [2.45, 2.75) is 124 Å². The van der Waals surface area contributed by atoms with Crippen molar-refractivity contribution in [1.82, 2.24) is 0 Å². The maximum atomic E-state index is 14.5. The van der Waals surface area contributed by atoms with Gasteiger partial charge in [-0.2, -0.15) is 0 Å². The second-order valence-electron chi connectivity index (χ2n) is 15.1. The van der Waals surface area contributed by atoms with Crippen LogP contribution in [0.1, 0.15) is 110 Å². The number of ether oxygens (including phenoxy) is 3. The quantitative estimate of drug-likeness (QED) is 0.173. The number of carbonyl (C=O) groups excluding carboxylic acids is 2. The van der Waals surface area contributed by atoms with Crippen LogP contribution in [0.25, 0.3) is 0 Å². The molecule has 6 rings (SSSR count). The summed E-state index contributed by atoms with van der Waals surface area (Å²) in [5.74, 6) is 2.65. The van der Waals surface area contributed by atoms with Crippen LogP contribution >= 0.6 is 0 Å². The van der Waals surface area contributed by atoms with Crippen LogP contribution < -0.4 is 0 Å². The van der Waals surface area contributed by atoms with Gasteiger partial charge in [-0.1, -0.05) is 57.2 Å². The molecule has 1 aromatic rings. The monoisotopic (exact) mass is 590 g/mol. The Morgan fingerprint density at radius 2 is 1.79 bits per heavy atom. The number of fused-ring (bicyclic) bond motifs is 5. The smallest absolute Gasteiger partial charge is 0.306 e. The van der Waals surface area contributed by atoms with Gasteiger partial charge in [0.15, 0.2) is 12.1 Å². The van der Waals surface area contributed by atoms with E-state index in [9.17, 15) is 9.59 Å². The summed E-state index contributed by atoms with van der Waals surface area (Å²) in [4.78, 5) is 27.1. The van der Waals surface area contributed by atoms with Gasteiger partial charge in [-0.25, -0.2) is 0 Å². The zero-order valence-electron chi connectivity index (χ0n) is 27.0. The highest BCUT2D eigenvalue weighted by atomic mass is 16.7. The number of ketones is 1. The fraction of sp³-hybridized carbons (Fsp3) is 0.737. The van der Waals surface area contributed by atoms with Crippen LogP contribution in [0.4, 0.5) is 0 Å². The molecule has 4 aliphatic carbocycles. The molecule has 43 heavy (non-hydrogen) atoms. The molecule has 5 aliphatic rings. The minimum atomic E-state index is -0.104. The summed E-state index contributed by atoms with van der Waals surface area (Å²) in [6.07, 6.45) is 14.7. The average Bonchev–Trinajstić information content (AvgIpc) is 3.38. The number of hydrogen-bond donors (Lipinski definition) is 0. The molecular weight excluding hydrogens is 536 g/mol. The van der Waals surface area contributed by atoms with Crippen LogP contribution in [0.2, 0.25) is 0 Å². The Bertz CT molecular complexity index is 1170. The lowest BCUT2D eigenvalue weighted by molar-refractivity contribution is -0.207. The molecule has 236 valence electrons. The van der Waals surface area contributed by atoms with Gasteiger partial charge in [-0.15, -0.1) is 0 Å². The van der Waals surface area contributed by atoms with Crippen LogP contribution in [-0.2, 0) is 30.4 Å². The van der Waals surface area contributed by atoms with E-state index in [0.29, 0.717) is 42.5 Å². The summed E-state index contributed by atoms with van der Waals surface area (Å²) in [5, 5.41) is 0. The van der Waals surface area contributed by atoms with Crippen LogP contribution in [0.5, 0.6) is 0 Å². The number of carbonyl (C=O) groups is 2. The highest BCUT2D eigenvalue weighted by Crippen LogP contribution is 2.68. The molecular formula is C38H54O5. The maximum absolute atomic E-state index is 14.5. The third kappa shape index (κ3) is 5.90. The lowest BCUT2D eigenvalue weighted by atomic mass is 9.43. The number of Topliss-reactive ketones (excluding diaryl/α,β-unsaturated/α-hetero) is 1. The van der Waals surface area contributed by atoms with E-state index in [1.165, 1.54) is 19.3 Å². The van der Waals surface area contributed by atoms with E-state index >= 15 is 0 Å². The Labute approximate surface area is 259 Å². The van der Waals surface area contributed by atoms with Gasteiger partial charge in [0.1, 0.15) is 6.61 Å². The predicted molar refractivity (Wildman–Crippen MR) is 168 cm³/mol. The topological polar surface area (TPSA) is 61.8 Å². The van der Waals surface area contributed by atoms with Crippen molar-refractivity contribution in [3.05, 3.63) is 47.5 Å². The fourth-order valence-corrected chi connectivity index (χ4v) is 10.7. The van der Waals surface area contributed by atoms with Gasteiger partial charge in [0.25, 0.3) is 0 Å². The van der Waals surface area contributed by atoms with Crippen molar-refractivity contribution in [3.63, 3.8) is 0 Å². The molecule has 1 unspecified atom stereocenters. The summed E-state index contributed by atoms with van der Waals surface area (Å²) in [5.41, 5.74) is 2.43. The van der Waals surface area contributed by atoms with Crippen molar-refractivity contribution in [3.8, 4) is 0 Å². The normalized spacial score (nSPS) is 40.8. The van der Waals surface area contributed by atoms with E-state index in [0.717, 1.165) is 69.1 Å². The molecule has 0 bridgehead atoms. The summed E-state index contributed by atoms with van der Waals surface area (Å²) >= 11 is 0. The third-order valence-electron chi connectivity index (χ3n) is 13.0. The largest absolute Gasteiger partial charge is 0.461 e. The van der Waals surface area contributed by atoms with E-state index in [4.69, 9.17) is 14.2 Å². The number of allylic oxidation sites excluding steroid dienone is 2. The first-order valence-electron chi connectivity index (χ1n) is 17.4. The van der Waals surface area contributed by atoms with E-state index in [-0.39, 0.29) is 41.0 Å². The van der Waals surface area contributed by atoms with Gasteiger partial charge in [-0.05, 0) is 129 Å². The first-order valence-corrected chi connectivity index (χ1v) is 17.4. The molecule has 1 aliphatic heterocycles. The predicted octanol–water partition coefficient (Wildman–Crippen LogP) is 8.45. The van der Waals surface area contributed by atoms with Crippen LogP contribution in [-0.4, -0.2) is 30.8 Å². The van der Waals surface area contributed by atoms with Crippen LogP contribution in [0.3, 0.4) is 0 Å². The minimum absolute atomic E-state index is 0.0669. The Balaban J connectivity index is 1.11. The number of rotatable bonds is 8. The lowest BCUT2D eigenvalue weighted by Gasteiger charge is -2.61. The number of benzene rings is 1. The van der Waals surface area contributed by atoms with E-state index in [1.807, 2.05) is 30.3 Å². The molecule has 0 N–H and O–H groups in total. The molecule has 10 atom stereocenters. The van der Waals surface area contributed by atoms with Gasteiger partial charge in [0.2, 0.25) is 0 Å². The standard InChI is InChI=1S/C38H54O5/c1-5-28-32-23-27(43-34-13-9-10-22-41-34)18-20-38(32,4)31-19-21-37(3)29(15-16-30(37)35(31)36(28)40)25(2)14-17-33(39)42-24-26-11-7-6-8-12-26/h5-8,11-12,25,27,29-32,34-35H,9-10,13-24H2,1-4H3/t25-,27-,29-,30+,31+,32+,34?,35+,37-,38-/m1/s1. The summed E-state index contributed by atoms with van der Waals surface area (Å²) in [7, 11) is 0. The van der Waals surface area contributed by atoms with Crippen molar-refractivity contribution < 1.29 is 23.8 Å². The van der Waals surface area contributed by atoms with Gasteiger partial charge in [0.05, 0.1) is 6.10 Å². The average molecular weight is 591 g/mol. The van der Waals surface area contributed by atoms with Gasteiger partial charge in [-0.3, -0.25) is 9.59 Å². The van der Waals surface area contributed by atoms with E-state index < -0.39 is 0 Å². The Morgan fingerprint density at radius 3 is 2.53 bits per heavy atom. The lowest BCUT2D eigenvalue weighted by Crippen LogP contribution is -2.58. The maximum Gasteiger partial charge on any atom is 0.306 e. The summed E-state index contributed by atoms with van der Waals surface area (Å²) in [6, 6.07) is 9.91. The van der Waals surface area contributed by atoms with Crippen molar-refractivity contribution in [1.29, 1.82) is 0 Å². The first-order chi connectivity index (χ1) is 20.7. The zero-order valence-corrected chi connectivity index (χ0v) is 27.0. The molecule has 5 nitrogen and oxygen atoms in total. The molecule has 1 saturated heterocycles. The van der Waals surface area contributed by atoms with Crippen molar-refractivity contribution in [2.75, 3.05) is 6.61 Å². The van der Waals surface area contributed by atoms with Gasteiger partial charge >= 0.3 is 5.97 Å². The zero-order chi connectivity index (χ0) is 30.2. The highest BCUT2D eigenvalue weighted by molar-refractivity contribution is 5.99. The molecule has 0 spiro atoms. The van der Waals surface area contributed by atoms with Crippen LogP contribution in [0.15, 0.2) is 42.0 Å². The molecule has 4 saturated carbocycles. The molecule has 1 aromatic carbocycles. The fourth-order valence-electron chi connectivity index (χ4n) is 10.7. The van der Waals surface area contributed by atoms with Crippen molar-refractivity contribution >= 4 is 11.8 Å². The van der Waals surface area contributed by atoms with Crippen LogP contribution in [0, 0.1) is 46.3 Å². The summed E-state index contributed by atoms with van der Waals surface area (Å²) in [6.45, 7) is 10.6. The first kappa shape index (κ1) is 31.0.